The van der Waals surface area contributed by atoms with Crippen molar-refractivity contribution in [2.75, 3.05) is 5.73 Å². The zero-order chi connectivity index (χ0) is 18.7. The highest BCUT2D eigenvalue weighted by Gasteiger charge is 2.10. The Balaban J connectivity index is 0.000000181. The highest BCUT2D eigenvalue weighted by Crippen LogP contribution is 2.28. The summed E-state index contributed by atoms with van der Waals surface area (Å²) in [6, 6.07) is 9.15. The molecule has 0 aliphatic heterocycles. The summed E-state index contributed by atoms with van der Waals surface area (Å²) in [6.07, 6.45) is 0. The molecule has 0 aliphatic carbocycles. The Labute approximate surface area is 158 Å². The molecule has 1 heterocycles. The van der Waals surface area contributed by atoms with Crippen LogP contribution in [0.3, 0.4) is 0 Å². The number of hydrogen-bond donors (Lipinski definition) is 5. The zero-order valence-corrected chi connectivity index (χ0v) is 15.6. The molecule has 130 valence electrons. The Morgan fingerprint density at radius 1 is 0.960 bits per heavy atom. The van der Waals surface area contributed by atoms with Crippen molar-refractivity contribution < 1.29 is 24.9 Å². The first-order valence-electron chi connectivity index (χ1n) is 6.72. The molecule has 0 saturated carbocycles. The van der Waals surface area contributed by atoms with Gasteiger partial charge in [-0.1, -0.05) is 0 Å². The first kappa shape index (κ1) is 18.8. The van der Waals surface area contributed by atoms with Crippen LogP contribution in [-0.2, 0) is 0 Å². The molecular weight excluding hydrogens is 460 g/mol. The monoisotopic (exact) mass is 470 g/mol. The van der Waals surface area contributed by atoms with E-state index in [1.165, 1.54) is 24.3 Å². The Kier molecular flexibility index (Phi) is 5.70. The third-order valence-corrected chi connectivity index (χ3v) is 5.00. The average Bonchev–Trinajstić information content (AvgIpc) is 2.94. The van der Waals surface area contributed by atoms with Crippen molar-refractivity contribution in [3.05, 3.63) is 56.6 Å². The second kappa shape index (κ2) is 7.58. The van der Waals surface area contributed by atoms with Gasteiger partial charge < -0.3 is 26.0 Å². The number of aromatic amines is 1. The van der Waals surface area contributed by atoms with E-state index in [0.29, 0.717) is 15.4 Å². The van der Waals surface area contributed by atoms with E-state index in [4.69, 9.17) is 21.1 Å². The second-order valence-corrected chi connectivity index (χ2v) is 6.63. The van der Waals surface area contributed by atoms with Gasteiger partial charge >= 0.3 is 11.9 Å². The number of aromatic carboxylic acids is 2. The highest BCUT2D eigenvalue weighted by molar-refractivity contribution is 9.13. The number of H-pyrrole nitrogens is 1. The van der Waals surface area contributed by atoms with Crippen molar-refractivity contribution in [2.24, 2.45) is 0 Å². The Morgan fingerprint density at radius 3 is 2.20 bits per heavy atom. The number of nitrogens with one attached hydrogen (secondary N) is 1. The summed E-state index contributed by atoms with van der Waals surface area (Å²) in [4.78, 5) is 23.8. The number of hydrogen-bond acceptors (Lipinski definition) is 4. The molecule has 0 fully saturated rings. The number of carboxylic acids is 2. The van der Waals surface area contributed by atoms with Crippen LogP contribution in [0.15, 0.2) is 45.3 Å². The SMILES string of the molecule is Nc1cc(Br)c(Br)cc1C(=O)O.O=C(O)c1cc2cc(O)ccc2[nH]1. The fourth-order valence-corrected chi connectivity index (χ4v) is 2.69. The van der Waals surface area contributed by atoms with Crippen LogP contribution < -0.4 is 5.73 Å². The molecule has 1 aromatic heterocycles. The van der Waals surface area contributed by atoms with Crippen LogP contribution in [-0.4, -0.2) is 32.2 Å². The van der Waals surface area contributed by atoms with E-state index in [-0.39, 0.29) is 22.7 Å². The number of nitrogen functional groups attached to an aromatic ring is 1. The topological polar surface area (TPSA) is 137 Å². The maximum Gasteiger partial charge on any atom is 0.352 e. The normalized spacial score (nSPS) is 10.2. The molecule has 2 aromatic carbocycles. The van der Waals surface area contributed by atoms with Gasteiger partial charge in [-0.15, -0.1) is 0 Å². The molecule has 0 unspecified atom stereocenters. The van der Waals surface area contributed by atoms with Crippen LogP contribution in [0, 0.1) is 0 Å². The molecule has 0 saturated heterocycles. The lowest BCUT2D eigenvalue weighted by atomic mass is 10.2. The van der Waals surface area contributed by atoms with Gasteiger partial charge in [0.25, 0.3) is 0 Å². The minimum atomic E-state index is -1.03. The predicted octanol–water partition coefficient (Wildman–Crippen LogP) is 4.06. The predicted molar refractivity (Wildman–Crippen MR) is 100 cm³/mol. The van der Waals surface area contributed by atoms with E-state index >= 15 is 0 Å². The molecule has 0 bridgehead atoms. The van der Waals surface area contributed by atoms with Crippen LogP contribution in [0.1, 0.15) is 20.8 Å². The molecule has 9 heteroatoms. The van der Waals surface area contributed by atoms with E-state index in [1.54, 1.807) is 12.1 Å². The summed E-state index contributed by atoms with van der Waals surface area (Å²) in [6.45, 7) is 0. The molecule has 6 N–H and O–H groups in total. The van der Waals surface area contributed by atoms with Gasteiger partial charge in [0, 0.05) is 25.5 Å². The van der Waals surface area contributed by atoms with Crippen LogP contribution in [0.5, 0.6) is 5.75 Å². The van der Waals surface area contributed by atoms with Crippen molar-refractivity contribution in [1.82, 2.24) is 4.98 Å². The van der Waals surface area contributed by atoms with E-state index in [9.17, 15) is 9.59 Å². The first-order chi connectivity index (χ1) is 11.7. The van der Waals surface area contributed by atoms with Crippen LogP contribution >= 0.6 is 31.9 Å². The summed E-state index contributed by atoms with van der Waals surface area (Å²) >= 11 is 6.39. The Morgan fingerprint density at radius 2 is 1.60 bits per heavy atom. The summed E-state index contributed by atoms with van der Waals surface area (Å²) in [7, 11) is 0. The first-order valence-corrected chi connectivity index (χ1v) is 8.30. The van der Waals surface area contributed by atoms with E-state index in [1.807, 2.05) is 0 Å². The van der Waals surface area contributed by atoms with Crippen molar-refractivity contribution >= 4 is 60.4 Å². The van der Waals surface area contributed by atoms with Gasteiger partial charge in [0.2, 0.25) is 0 Å². The highest BCUT2D eigenvalue weighted by atomic mass is 79.9. The summed E-state index contributed by atoms with van der Waals surface area (Å²) < 4.78 is 1.42. The quantitative estimate of drug-likeness (QED) is 0.357. The van der Waals surface area contributed by atoms with Crippen molar-refractivity contribution in [1.29, 1.82) is 0 Å². The number of anilines is 1. The van der Waals surface area contributed by atoms with Gasteiger partial charge in [-0.2, -0.15) is 0 Å². The molecule has 7 nitrogen and oxygen atoms in total. The number of carbonyl (C=O) groups is 2. The average molecular weight is 472 g/mol. The number of halogens is 2. The summed E-state index contributed by atoms with van der Waals surface area (Å²) in [5.74, 6) is -1.90. The molecule has 3 aromatic rings. The summed E-state index contributed by atoms with van der Waals surface area (Å²) in [5.41, 5.74) is 6.64. The zero-order valence-electron chi connectivity index (χ0n) is 12.5. The van der Waals surface area contributed by atoms with Crippen LogP contribution in [0.25, 0.3) is 10.9 Å². The van der Waals surface area contributed by atoms with Gasteiger partial charge in [-0.3, -0.25) is 0 Å². The second-order valence-electron chi connectivity index (χ2n) is 4.92. The number of benzene rings is 2. The third kappa shape index (κ3) is 4.52. The van der Waals surface area contributed by atoms with Crippen LogP contribution in [0.2, 0.25) is 0 Å². The standard InChI is InChI=1S/C9H7NO3.C7H5Br2NO2/c11-6-1-2-7-5(3-6)4-8(10-7)9(12)13;8-4-1-3(7(11)12)6(10)2-5(4)9/h1-4,10-11H,(H,12,13);1-2H,10H2,(H,11,12). The number of nitrogens with two attached hydrogens (primary N) is 1. The van der Waals surface area contributed by atoms with Gasteiger partial charge in [0.05, 0.1) is 5.56 Å². The minimum absolute atomic E-state index is 0.102. The van der Waals surface area contributed by atoms with Gasteiger partial charge in [0.15, 0.2) is 0 Å². The lowest BCUT2D eigenvalue weighted by Gasteiger charge is -2.02. The molecule has 0 spiro atoms. The fraction of sp³-hybridized carbons (Fsp3) is 0. The number of phenols is 1. The van der Waals surface area contributed by atoms with E-state index < -0.39 is 11.9 Å². The number of carboxylic acid groups (broad SMARTS) is 2. The molecule has 0 atom stereocenters. The number of phenolic OH excluding ortho intramolecular Hbond substituents is 1. The third-order valence-electron chi connectivity index (χ3n) is 3.16. The smallest absolute Gasteiger partial charge is 0.352 e. The van der Waals surface area contributed by atoms with E-state index in [2.05, 4.69) is 36.8 Å². The molecule has 0 radical (unpaired) electrons. The molecule has 0 amide bonds. The lowest BCUT2D eigenvalue weighted by molar-refractivity contribution is 0.0683. The number of rotatable bonds is 2. The largest absolute Gasteiger partial charge is 0.508 e. The van der Waals surface area contributed by atoms with E-state index in [0.717, 1.165) is 4.47 Å². The summed E-state index contributed by atoms with van der Waals surface area (Å²) in [5, 5.41) is 27.1. The lowest BCUT2D eigenvalue weighted by Crippen LogP contribution is -2.02. The number of aromatic nitrogens is 1. The Bertz CT molecular complexity index is 969. The molecule has 25 heavy (non-hydrogen) atoms. The maximum absolute atomic E-state index is 10.6. The maximum atomic E-state index is 10.6. The van der Waals surface area contributed by atoms with Crippen molar-refractivity contribution in [2.45, 2.75) is 0 Å². The van der Waals surface area contributed by atoms with Crippen molar-refractivity contribution in [3.63, 3.8) is 0 Å². The number of fused-ring (bicyclic) bond motifs is 1. The van der Waals surface area contributed by atoms with Gasteiger partial charge in [-0.05, 0) is 68.3 Å². The molecular formula is C16H12Br2N2O5. The fourth-order valence-electron chi connectivity index (χ4n) is 1.98. The van der Waals surface area contributed by atoms with Crippen molar-refractivity contribution in [3.8, 4) is 5.75 Å². The Hall–Kier alpha value is -2.52. The number of aromatic hydroxyl groups is 1. The molecule has 0 aliphatic rings. The van der Waals surface area contributed by atoms with Gasteiger partial charge in [0.1, 0.15) is 11.4 Å². The van der Waals surface area contributed by atoms with Gasteiger partial charge in [-0.25, -0.2) is 9.59 Å². The molecule has 3 rings (SSSR count). The van der Waals surface area contributed by atoms with Crippen LogP contribution in [0.4, 0.5) is 5.69 Å². The minimum Gasteiger partial charge on any atom is -0.508 e.